The lowest BCUT2D eigenvalue weighted by Gasteiger charge is -2.39. The highest BCUT2D eigenvalue weighted by molar-refractivity contribution is 6.09. The molecule has 31 heavy (non-hydrogen) atoms. The van der Waals surface area contributed by atoms with Crippen molar-refractivity contribution in [1.29, 1.82) is 0 Å². The SMILES string of the molecule is CN=CC(=CN)c1ccc(N=C(N)C2=C([N-][C@@H]3CCOC3)CCN(C(C)=O)C2)c(F)c1. The van der Waals surface area contributed by atoms with E-state index >= 15 is 0 Å². The average molecular weight is 428 g/mol. The number of carbonyl (C=O) groups is 1. The van der Waals surface area contributed by atoms with E-state index in [2.05, 4.69) is 9.98 Å². The van der Waals surface area contributed by atoms with Crippen molar-refractivity contribution in [1.82, 2.24) is 4.90 Å². The van der Waals surface area contributed by atoms with Crippen molar-refractivity contribution in [2.24, 2.45) is 21.5 Å². The second-order valence-corrected chi connectivity index (χ2v) is 7.43. The molecule has 0 radical (unpaired) electrons. The van der Waals surface area contributed by atoms with Crippen LogP contribution in [0.1, 0.15) is 25.3 Å². The molecule has 3 rings (SSSR count). The van der Waals surface area contributed by atoms with Crippen LogP contribution >= 0.6 is 0 Å². The van der Waals surface area contributed by atoms with Crippen LogP contribution in [0.2, 0.25) is 0 Å². The number of nitrogens with zero attached hydrogens (tertiary/aromatic N) is 4. The van der Waals surface area contributed by atoms with Crippen LogP contribution in [0.4, 0.5) is 10.1 Å². The molecule has 1 atom stereocenters. The Kier molecular flexibility index (Phi) is 7.41. The number of carbonyl (C=O) groups excluding carboxylic acids is 1. The van der Waals surface area contributed by atoms with Crippen LogP contribution in [-0.2, 0) is 9.53 Å². The molecule has 1 saturated heterocycles. The molecule has 2 heterocycles. The van der Waals surface area contributed by atoms with E-state index < -0.39 is 5.82 Å². The van der Waals surface area contributed by atoms with Crippen LogP contribution in [0.25, 0.3) is 10.9 Å². The maximum atomic E-state index is 14.7. The maximum absolute atomic E-state index is 14.7. The van der Waals surface area contributed by atoms with Crippen LogP contribution in [0.15, 0.2) is 45.7 Å². The Morgan fingerprint density at radius 2 is 2.23 bits per heavy atom. The molecule has 0 aromatic heterocycles. The van der Waals surface area contributed by atoms with Crippen LogP contribution in [0.5, 0.6) is 0 Å². The van der Waals surface area contributed by atoms with Gasteiger partial charge in [0.2, 0.25) is 5.91 Å². The zero-order valence-corrected chi connectivity index (χ0v) is 17.8. The summed E-state index contributed by atoms with van der Waals surface area (Å²) in [6.45, 7) is 3.62. The van der Waals surface area contributed by atoms with Crippen molar-refractivity contribution in [3.05, 3.63) is 52.4 Å². The molecule has 0 saturated carbocycles. The minimum absolute atomic E-state index is 0.0530. The van der Waals surface area contributed by atoms with E-state index in [-0.39, 0.29) is 23.5 Å². The molecule has 2 aliphatic heterocycles. The lowest BCUT2D eigenvalue weighted by atomic mass is 10.0. The Labute approximate surface area is 181 Å². The van der Waals surface area contributed by atoms with Gasteiger partial charge in [0.15, 0.2) is 0 Å². The van der Waals surface area contributed by atoms with Gasteiger partial charge in [0, 0.05) is 58.3 Å². The summed E-state index contributed by atoms with van der Waals surface area (Å²) in [4.78, 5) is 21.8. The highest BCUT2D eigenvalue weighted by atomic mass is 19.1. The molecule has 0 spiro atoms. The molecule has 2 aliphatic rings. The van der Waals surface area contributed by atoms with Gasteiger partial charge in [-0.25, -0.2) is 9.38 Å². The molecule has 8 nitrogen and oxygen atoms in total. The Morgan fingerprint density at radius 3 is 2.84 bits per heavy atom. The molecule has 0 bridgehead atoms. The van der Waals surface area contributed by atoms with Crippen LogP contribution in [0, 0.1) is 5.82 Å². The first kappa shape index (κ1) is 22.5. The van der Waals surface area contributed by atoms with Gasteiger partial charge in [-0.15, -0.1) is 0 Å². The first-order valence-corrected chi connectivity index (χ1v) is 10.2. The molecule has 1 aromatic rings. The van der Waals surface area contributed by atoms with Crippen molar-refractivity contribution < 1.29 is 13.9 Å². The average Bonchev–Trinajstić information content (AvgIpc) is 3.26. The van der Waals surface area contributed by atoms with Crippen molar-refractivity contribution >= 4 is 29.2 Å². The van der Waals surface area contributed by atoms with Crippen molar-refractivity contribution in [2.45, 2.75) is 25.8 Å². The monoisotopic (exact) mass is 427 g/mol. The molecular formula is C22H28FN6O2-. The summed E-state index contributed by atoms with van der Waals surface area (Å²) < 4.78 is 20.2. The standard InChI is InChI=1S/C22H28FN6O2/c1-14(30)29-7-5-20(27-17-6-8-31-13-17)18(12-29)22(25)28-21-4-3-15(9-19(21)23)16(10-24)11-26-2/h3-4,9-11,17H,5-8,12-13H2,1-2H3,(H4-,24,25,26,27,28)/q-1/t17-/m1/s1. The van der Waals surface area contributed by atoms with Gasteiger partial charge in [-0.05, 0) is 36.1 Å². The highest BCUT2D eigenvalue weighted by Crippen LogP contribution is 2.29. The van der Waals surface area contributed by atoms with Crippen LogP contribution in [0.3, 0.4) is 0 Å². The van der Waals surface area contributed by atoms with Gasteiger partial charge < -0.3 is 26.4 Å². The fraction of sp³-hybridized carbons (Fsp3) is 0.409. The smallest absolute Gasteiger partial charge is 0.219 e. The zero-order valence-electron chi connectivity index (χ0n) is 17.8. The second-order valence-electron chi connectivity index (χ2n) is 7.43. The van der Waals surface area contributed by atoms with Gasteiger partial charge in [-0.3, -0.25) is 9.79 Å². The summed E-state index contributed by atoms with van der Waals surface area (Å²) in [5.74, 6) is -0.436. The predicted molar refractivity (Wildman–Crippen MR) is 121 cm³/mol. The maximum Gasteiger partial charge on any atom is 0.219 e. The van der Waals surface area contributed by atoms with Gasteiger partial charge in [-0.2, -0.15) is 5.70 Å². The van der Waals surface area contributed by atoms with E-state index in [1.54, 1.807) is 24.2 Å². The summed E-state index contributed by atoms with van der Waals surface area (Å²) in [5, 5.41) is 4.79. The second kappa shape index (κ2) is 10.2. The molecule has 166 valence electrons. The largest absolute Gasteiger partial charge is 0.683 e. The molecular weight excluding hydrogens is 399 g/mol. The highest BCUT2D eigenvalue weighted by Gasteiger charge is 2.21. The minimum atomic E-state index is -0.535. The van der Waals surface area contributed by atoms with E-state index in [0.29, 0.717) is 49.4 Å². The number of nitrogens with two attached hydrogens (primary N) is 2. The Hall–Kier alpha value is -3.20. The number of aliphatic imine (C=N–C) groups is 2. The number of amidine groups is 1. The summed E-state index contributed by atoms with van der Waals surface area (Å²) in [7, 11) is 1.61. The fourth-order valence-corrected chi connectivity index (χ4v) is 3.56. The Bertz CT molecular complexity index is 947. The lowest BCUT2D eigenvalue weighted by molar-refractivity contribution is -0.128. The molecule has 1 fully saturated rings. The normalized spacial score (nSPS) is 20.6. The van der Waals surface area contributed by atoms with Crippen molar-refractivity contribution in [2.75, 3.05) is 33.4 Å². The molecule has 4 N–H and O–H groups in total. The summed E-state index contributed by atoms with van der Waals surface area (Å²) >= 11 is 0. The Balaban J connectivity index is 1.91. The number of hydrogen-bond acceptors (Lipinski definition) is 5. The zero-order chi connectivity index (χ0) is 22.4. The van der Waals surface area contributed by atoms with E-state index in [4.69, 9.17) is 21.5 Å². The number of hydrogen-bond donors (Lipinski definition) is 2. The van der Waals surface area contributed by atoms with Crippen LogP contribution in [-0.4, -0.2) is 62.3 Å². The molecule has 0 aliphatic carbocycles. The first-order chi connectivity index (χ1) is 14.9. The van der Waals surface area contributed by atoms with Gasteiger partial charge in [0.1, 0.15) is 17.3 Å². The third-order valence-electron chi connectivity index (χ3n) is 5.28. The number of amides is 1. The van der Waals surface area contributed by atoms with E-state index in [1.807, 2.05) is 0 Å². The first-order valence-electron chi connectivity index (χ1n) is 10.2. The predicted octanol–water partition coefficient (Wildman–Crippen LogP) is 2.48. The van der Waals surface area contributed by atoms with Gasteiger partial charge in [-0.1, -0.05) is 12.1 Å². The minimum Gasteiger partial charge on any atom is -0.683 e. The quantitative estimate of drug-likeness (QED) is 0.535. The topological polar surface area (TPSA) is 120 Å². The Morgan fingerprint density at radius 1 is 1.42 bits per heavy atom. The van der Waals surface area contributed by atoms with E-state index in [1.165, 1.54) is 25.3 Å². The van der Waals surface area contributed by atoms with E-state index in [9.17, 15) is 9.18 Å². The van der Waals surface area contributed by atoms with Crippen molar-refractivity contribution in [3.8, 4) is 0 Å². The van der Waals surface area contributed by atoms with Gasteiger partial charge >= 0.3 is 0 Å². The number of halogens is 1. The molecule has 1 aromatic carbocycles. The van der Waals surface area contributed by atoms with Gasteiger partial charge in [0.25, 0.3) is 0 Å². The van der Waals surface area contributed by atoms with Crippen LogP contribution < -0.4 is 11.5 Å². The number of benzene rings is 1. The summed E-state index contributed by atoms with van der Waals surface area (Å²) in [6.07, 6.45) is 4.33. The molecule has 1 amide bonds. The third-order valence-corrected chi connectivity index (χ3v) is 5.28. The number of rotatable bonds is 6. The fourth-order valence-electron chi connectivity index (χ4n) is 3.56. The van der Waals surface area contributed by atoms with Crippen molar-refractivity contribution in [3.63, 3.8) is 0 Å². The number of ether oxygens (including phenoxy) is 1. The number of allylic oxidation sites excluding steroid dienone is 1. The van der Waals surface area contributed by atoms with Gasteiger partial charge in [0.05, 0.1) is 0 Å². The third kappa shape index (κ3) is 5.49. The summed E-state index contributed by atoms with van der Waals surface area (Å²) in [5.41, 5.74) is 14.6. The molecule has 9 heteroatoms. The lowest BCUT2D eigenvalue weighted by Crippen LogP contribution is -2.39. The van der Waals surface area contributed by atoms with E-state index in [0.717, 1.165) is 12.1 Å². The summed E-state index contributed by atoms with van der Waals surface area (Å²) in [6, 6.07) is 4.65. The molecule has 0 unspecified atom stereocenters.